The number of ether oxygens (including phenoxy) is 1. The van der Waals surface area contributed by atoms with Crippen molar-refractivity contribution in [3.8, 4) is 5.75 Å². The minimum Gasteiger partial charge on any atom is -0.489 e. The Morgan fingerprint density at radius 1 is 1.33 bits per heavy atom. The first kappa shape index (κ1) is 10.8. The van der Waals surface area contributed by atoms with Crippen LogP contribution in [-0.4, -0.2) is 25.4 Å². The van der Waals surface area contributed by atoms with E-state index in [0.29, 0.717) is 6.10 Å². The zero-order valence-corrected chi connectivity index (χ0v) is 9.85. The number of thioether (sulfide) groups is 1. The molecular formula is C12H17NOS. The van der Waals surface area contributed by atoms with Crippen molar-refractivity contribution in [3.05, 3.63) is 24.3 Å². The van der Waals surface area contributed by atoms with Crippen molar-refractivity contribution in [2.75, 3.05) is 19.3 Å². The van der Waals surface area contributed by atoms with Crippen LogP contribution in [-0.2, 0) is 0 Å². The van der Waals surface area contributed by atoms with Gasteiger partial charge in [-0.3, -0.25) is 0 Å². The van der Waals surface area contributed by atoms with Crippen LogP contribution in [0, 0.1) is 0 Å². The highest BCUT2D eigenvalue weighted by Gasteiger charge is 2.13. The van der Waals surface area contributed by atoms with Gasteiger partial charge in [-0.2, -0.15) is 0 Å². The summed E-state index contributed by atoms with van der Waals surface area (Å²) in [6, 6.07) is 8.33. The highest BCUT2D eigenvalue weighted by Crippen LogP contribution is 2.20. The zero-order valence-electron chi connectivity index (χ0n) is 9.03. The van der Waals surface area contributed by atoms with Crippen molar-refractivity contribution in [3.63, 3.8) is 0 Å². The molecule has 15 heavy (non-hydrogen) atoms. The number of benzene rings is 1. The average Bonchev–Trinajstić information content (AvgIpc) is 2.31. The first-order chi connectivity index (χ1) is 7.38. The maximum atomic E-state index is 5.88. The Labute approximate surface area is 95.4 Å². The molecule has 1 N–H and O–H groups in total. The Hall–Kier alpha value is -0.670. The number of hydrogen-bond donors (Lipinski definition) is 1. The van der Waals surface area contributed by atoms with Crippen LogP contribution in [0.3, 0.4) is 0 Å². The molecule has 1 aliphatic heterocycles. The van der Waals surface area contributed by atoms with E-state index in [1.165, 1.54) is 11.3 Å². The molecule has 0 aliphatic carbocycles. The lowest BCUT2D eigenvalue weighted by atomic mass is 10.1. The highest BCUT2D eigenvalue weighted by atomic mass is 32.2. The number of piperidine rings is 1. The van der Waals surface area contributed by atoms with Gasteiger partial charge in [-0.1, -0.05) is 0 Å². The fourth-order valence-electron chi connectivity index (χ4n) is 1.77. The monoisotopic (exact) mass is 223 g/mol. The third kappa shape index (κ3) is 3.14. The molecule has 2 rings (SSSR count). The fourth-order valence-corrected chi connectivity index (χ4v) is 2.18. The maximum Gasteiger partial charge on any atom is 0.119 e. The summed E-state index contributed by atoms with van der Waals surface area (Å²) in [6.07, 6.45) is 4.81. The molecule has 0 amide bonds. The molecule has 0 aromatic heterocycles. The predicted octanol–water partition coefficient (Wildman–Crippen LogP) is 2.54. The van der Waals surface area contributed by atoms with Gasteiger partial charge in [0.05, 0.1) is 0 Å². The fraction of sp³-hybridized carbons (Fsp3) is 0.500. The van der Waals surface area contributed by atoms with Crippen LogP contribution in [0.5, 0.6) is 5.75 Å². The topological polar surface area (TPSA) is 21.3 Å². The maximum absolute atomic E-state index is 5.88. The highest BCUT2D eigenvalue weighted by molar-refractivity contribution is 7.98. The van der Waals surface area contributed by atoms with Gasteiger partial charge in [0.1, 0.15) is 11.9 Å². The van der Waals surface area contributed by atoms with Gasteiger partial charge < -0.3 is 10.1 Å². The molecule has 1 atom stereocenters. The van der Waals surface area contributed by atoms with E-state index in [4.69, 9.17) is 4.74 Å². The first-order valence-corrected chi connectivity index (χ1v) is 6.62. The molecule has 1 aliphatic rings. The molecule has 0 bridgehead atoms. The Morgan fingerprint density at radius 2 is 2.13 bits per heavy atom. The molecule has 3 heteroatoms. The lowest BCUT2D eigenvalue weighted by molar-refractivity contribution is 0.167. The van der Waals surface area contributed by atoms with Crippen LogP contribution >= 0.6 is 11.8 Å². The summed E-state index contributed by atoms with van der Waals surface area (Å²) >= 11 is 1.76. The summed E-state index contributed by atoms with van der Waals surface area (Å²) < 4.78 is 5.88. The van der Waals surface area contributed by atoms with Crippen molar-refractivity contribution in [1.29, 1.82) is 0 Å². The van der Waals surface area contributed by atoms with Gasteiger partial charge in [-0.25, -0.2) is 0 Å². The minimum absolute atomic E-state index is 0.346. The molecule has 0 spiro atoms. The lowest BCUT2D eigenvalue weighted by Crippen LogP contribution is -2.37. The summed E-state index contributed by atoms with van der Waals surface area (Å²) in [5.41, 5.74) is 0. The summed E-state index contributed by atoms with van der Waals surface area (Å²) in [5.74, 6) is 0.988. The quantitative estimate of drug-likeness (QED) is 0.796. The lowest BCUT2D eigenvalue weighted by Gasteiger charge is -2.23. The molecular weight excluding hydrogens is 206 g/mol. The summed E-state index contributed by atoms with van der Waals surface area (Å²) in [7, 11) is 0. The van der Waals surface area contributed by atoms with Gasteiger partial charge in [0, 0.05) is 11.4 Å². The molecule has 1 unspecified atom stereocenters. The van der Waals surface area contributed by atoms with Crippen LogP contribution in [0.15, 0.2) is 29.2 Å². The molecule has 82 valence electrons. The van der Waals surface area contributed by atoms with Crippen molar-refractivity contribution < 1.29 is 4.74 Å². The van der Waals surface area contributed by atoms with Crippen LogP contribution < -0.4 is 10.1 Å². The Morgan fingerprint density at radius 3 is 2.73 bits per heavy atom. The zero-order chi connectivity index (χ0) is 10.5. The second kappa shape index (κ2) is 5.42. The van der Waals surface area contributed by atoms with Gasteiger partial charge in [-0.05, 0) is 49.9 Å². The van der Waals surface area contributed by atoms with E-state index in [1.807, 2.05) is 0 Å². The molecule has 0 saturated carbocycles. The second-order valence-corrected chi connectivity index (χ2v) is 4.64. The van der Waals surface area contributed by atoms with E-state index in [9.17, 15) is 0 Å². The van der Waals surface area contributed by atoms with E-state index in [1.54, 1.807) is 11.8 Å². The second-order valence-electron chi connectivity index (χ2n) is 3.76. The van der Waals surface area contributed by atoms with Crippen molar-refractivity contribution >= 4 is 11.8 Å². The molecule has 2 nitrogen and oxygen atoms in total. The van der Waals surface area contributed by atoms with Crippen molar-refractivity contribution in [2.45, 2.75) is 23.8 Å². The minimum atomic E-state index is 0.346. The molecule has 1 saturated heterocycles. The van der Waals surface area contributed by atoms with E-state index >= 15 is 0 Å². The SMILES string of the molecule is CSc1ccc(OC2CCCNC2)cc1. The van der Waals surface area contributed by atoms with Gasteiger partial charge in [0.2, 0.25) is 0 Å². The van der Waals surface area contributed by atoms with E-state index in [-0.39, 0.29) is 0 Å². The Balaban J connectivity index is 1.91. The molecule has 1 heterocycles. The van der Waals surface area contributed by atoms with E-state index in [2.05, 4.69) is 35.8 Å². The number of rotatable bonds is 3. The largest absolute Gasteiger partial charge is 0.489 e. The van der Waals surface area contributed by atoms with E-state index < -0.39 is 0 Å². The standard InChI is InChI=1S/C12H17NOS/c1-15-12-6-4-10(5-7-12)14-11-3-2-8-13-9-11/h4-7,11,13H,2-3,8-9H2,1H3. The van der Waals surface area contributed by atoms with Crippen molar-refractivity contribution in [1.82, 2.24) is 5.32 Å². The third-order valence-corrected chi connectivity index (χ3v) is 3.36. The number of hydrogen-bond acceptors (Lipinski definition) is 3. The van der Waals surface area contributed by atoms with Crippen LogP contribution in [0.2, 0.25) is 0 Å². The van der Waals surface area contributed by atoms with Crippen LogP contribution in [0.25, 0.3) is 0 Å². The third-order valence-electron chi connectivity index (χ3n) is 2.61. The van der Waals surface area contributed by atoms with E-state index in [0.717, 1.165) is 25.3 Å². The molecule has 0 radical (unpaired) electrons. The smallest absolute Gasteiger partial charge is 0.119 e. The molecule has 1 aromatic rings. The van der Waals surface area contributed by atoms with Crippen molar-refractivity contribution in [2.24, 2.45) is 0 Å². The van der Waals surface area contributed by atoms with Gasteiger partial charge >= 0.3 is 0 Å². The number of nitrogens with one attached hydrogen (secondary N) is 1. The van der Waals surface area contributed by atoms with Gasteiger partial charge in [-0.15, -0.1) is 11.8 Å². The normalized spacial score (nSPS) is 21.3. The summed E-state index contributed by atoms with van der Waals surface area (Å²) in [6.45, 7) is 2.11. The van der Waals surface area contributed by atoms with Crippen LogP contribution in [0.1, 0.15) is 12.8 Å². The first-order valence-electron chi connectivity index (χ1n) is 5.40. The van der Waals surface area contributed by atoms with Gasteiger partial charge in [0.15, 0.2) is 0 Å². The molecule has 1 aromatic carbocycles. The van der Waals surface area contributed by atoms with Crippen LogP contribution in [0.4, 0.5) is 0 Å². The summed E-state index contributed by atoms with van der Waals surface area (Å²) in [4.78, 5) is 1.28. The summed E-state index contributed by atoms with van der Waals surface area (Å²) in [5, 5.41) is 3.35. The molecule has 1 fully saturated rings. The predicted molar refractivity (Wildman–Crippen MR) is 64.7 cm³/mol. The Bertz CT molecular complexity index is 293. The average molecular weight is 223 g/mol. The Kier molecular flexibility index (Phi) is 3.92. The van der Waals surface area contributed by atoms with Gasteiger partial charge in [0.25, 0.3) is 0 Å².